The summed E-state index contributed by atoms with van der Waals surface area (Å²) in [6.07, 6.45) is 4.95. The number of hydrogen-bond donors (Lipinski definition) is 1. The average molecular weight is 210 g/mol. The Morgan fingerprint density at radius 2 is 1.67 bits per heavy atom. The summed E-state index contributed by atoms with van der Waals surface area (Å²) in [7, 11) is 0. The number of hydrogen-bond acceptors (Lipinski definition) is 1. The van der Waals surface area contributed by atoms with Crippen LogP contribution in [0.25, 0.3) is 0 Å². The zero-order chi connectivity index (χ0) is 11.7. The largest absolute Gasteiger partial charge is 0.387 e. The zero-order valence-electron chi connectivity index (χ0n) is 10.9. The highest BCUT2D eigenvalue weighted by Crippen LogP contribution is 2.36. The highest BCUT2D eigenvalue weighted by Gasteiger charge is 2.27. The molecule has 1 fully saturated rings. The summed E-state index contributed by atoms with van der Waals surface area (Å²) in [5.41, 5.74) is 6.54. The second kappa shape index (κ2) is 4.15. The van der Waals surface area contributed by atoms with Crippen LogP contribution in [-0.2, 0) is 0 Å². The lowest BCUT2D eigenvalue weighted by atomic mass is 9.76. The molecule has 2 nitrogen and oxygen atoms in total. The van der Waals surface area contributed by atoms with Gasteiger partial charge in [0.15, 0.2) is 0 Å². The fourth-order valence-electron chi connectivity index (χ4n) is 1.90. The molecule has 2 heteroatoms. The Kier molecular flexibility index (Phi) is 3.47. The van der Waals surface area contributed by atoms with Gasteiger partial charge < -0.3 is 5.73 Å². The molecule has 0 unspecified atom stereocenters. The minimum absolute atomic E-state index is 0.0208. The van der Waals surface area contributed by atoms with E-state index < -0.39 is 0 Å². The number of amidine groups is 1. The van der Waals surface area contributed by atoms with Gasteiger partial charge in [-0.15, -0.1) is 0 Å². The van der Waals surface area contributed by atoms with E-state index in [1.54, 1.807) is 0 Å². The predicted octanol–water partition coefficient (Wildman–Crippen LogP) is 3.36. The standard InChI is InChI=1S/C13H26N2/c1-12(2,3)11(14)15-10-6-8-13(4,5)9-7-10/h10H,6-9H2,1-5H3,(H2,14,15). The third kappa shape index (κ3) is 3.84. The van der Waals surface area contributed by atoms with Gasteiger partial charge in [0, 0.05) is 5.41 Å². The smallest absolute Gasteiger partial charge is 0.0994 e. The monoisotopic (exact) mass is 210 g/mol. The van der Waals surface area contributed by atoms with Gasteiger partial charge in [0.25, 0.3) is 0 Å². The normalized spacial score (nSPS) is 24.2. The molecule has 0 spiro atoms. The molecule has 0 amide bonds. The van der Waals surface area contributed by atoms with Crippen molar-refractivity contribution in [2.75, 3.05) is 0 Å². The highest BCUT2D eigenvalue weighted by atomic mass is 14.9. The maximum atomic E-state index is 6.00. The van der Waals surface area contributed by atoms with Gasteiger partial charge in [-0.3, -0.25) is 4.99 Å². The molecule has 2 N–H and O–H groups in total. The van der Waals surface area contributed by atoms with Crippen molar-refractivity contribution in [3.05, 3.63) is 0 Å². The molecule has 0 radical (unpaired) electrons. The molecule has 1 saturated carbocycles. The number of rotatable bonds is 1. The van der Waals surface area contributed by atoms with E-state index in [0.29, 0.717) is 11.5 Å². The van der Waals surface area contributed by atoms with Gasteiger partial charge in [-0.2, -0.15) is 0 Å². The molecule has 1 aliphatic carbocycles. The molecule has 0 saturated heterocycles. The number of aliphatic imine (C=N–C) groups is 1. The molecule has 0 aromatic heterocycles. The highest BCUT2D eigenvalue weighted by molar-refractivity contribution is 5.85. The first-order valence-corrected chi connectivity index (χ1v) is 6.04. The van der Waals surface area contributed by atoms with E-state index in [-0.39, 0.29) is 5.41 Å². The van der Waals surface area contributed by atoms with E-state index in [1.165, 1.54) is 25.7 Å². The maximum Gasteiger partial charge on any atom is 0.0994 e. The number of nitrogens with zero attached hydrogens (tertiary/aromatic N) is 1. The molecule has 88 valence electrons. The Hall–Kier alpha value is -0.530. The van der Waals surface area contributed by atoms with Gasteiger partial charge in [0.2, 0.25) is 0 Å². The maximum absolute atomic E-state index is 6.00. The summed E-state index contributed by atoms with van der Waals surface area (Å²) in [6, 6.07) is 0.470. The molecular weight excluding hydrogens is 184 g/mol. The first kappa shape index (κ1) is 12.5. The Balaban J connectivity index is 2.55. The molecule has 1 rings (SSSR count). The SMILES string of the molecule is CC1(C)CCC(N=C(N)C(C)(C)C)CC1. The number of nitrogens with two attached hydrogens (primary N) is 1. The van der Waals surface area contributed by atoms with Crippen LogP contribution in [0.1, 0.15) is 60.3 Å². The quantitative estimate of drug-likeness (QED) is 0.523. The average Bonchev–Trinajstić information content (AvgIpc) is 2.07. The van der Waals surface area contributed by atoms with E-state index in [4.69, 9.17) is 5.73 Å². The Bertz CT molecular complexity index is 236. The van der Waals surface area contributed by atoms with E-state index in [9.17, 15) is 0 Å². The van der Waals surface area contributed by atoms with Gasteiger partial charge in [-0.25, -0.2) is 0 Å². The lowest BCUT2D eigenvalue weighted by Crippen LogP contribution is -2.32. The van der Waals surface area contributed by atoms with Gasteiger partial charge >= 0.3 is 0 Å². The Labute approximate surface area is 94.3 Å². The predicted molar refractivity (Wildman–Crippen MR) is 67.1 cm³/mol. The second-order valence-electron chi connectivity index (χ2n) is 6.66. The van der Waals surface area contributed by atoms with Crippen LogP contribution in [0.15, 0.2) is 4.99 Å². The third-order valence-electron chi connectivity index (χ3n) is 3.40. The molecule has 0 aliphatic heterocycles. The molecular formula is C13H26N2. The van der Waals surface area contributed by atoms with Crippen molar-refractivity contribution < 1.29 is 0 Å². The molecule has 0 heterocycles. The summed E-state index contributed by atoms with van der Waals surface area (Å²) in [5.74, 6) is 0.812. The second-order valence-corrected chi connectivity index (χ2v) is 6.66. The molecule has 15 heavy (non-hydrogen) atoms. The minimum Gasteiger partial charge on any atom is -0.387 e. The van der Waals surface area contributed by atoms with Crippen molar-refractivity contribution in [1.82, 2.24) is 0 Å². The van der Waals surface area contributed by atoms with E-state index >= 15 is 0 Å². The van der Waals surface area contributed by atoms with Crippen LogP contribution in [0.2, 0.25) is 0 Å². The summed E-state index contributed by atoms with van der Waals surface area (Å²) < 4.78 is 0. The van der Waals surface area contributed by atoms with Crippen LogP contribution in [0.4, 0.5) is 0 Å². The lowest BCUT2D eigenvalue weighted by molar-refractivity contribution is 0.225. The van der Waals surface area contributed by atoms with E-state index in [2.05, 4.69) is 39.6 Å². The van der Waals surface area contributed by atoms with E-state index in [0.717, 1.165) is 5.84 Å². The van der Waals surface area contributed by atoms with Gasteiger partial charge in [-0.05, 0) is 31.1 Å². The first-order valence-electron chi connectivity index (χ1n) is 6.04. The van der Waals surface area contributed by atoms with Crippen LogP contribution in [0, 0.1) is 10.8 Å². The van der Waals surface area contributed by atoms with Crippen LogP contribution in [0.3, 0.4) is 0 Å². The Morgan fingerprint density at radius 3 is 2.07 bits per heavy atom. The summed E-state index contributed by atoms with van der Waals surface area (Å²) in [5, 5.41) is 0. The topological polar surface area (TPSA) is 38.4 Å². The summed E-state index contributed by atoms with van der Waals surface area (Å²) in [6.45, 7) is 11.1. The molecule has 0 aromatic rings. The van der Waals surface area contributed by atoms with Crippen molar-refractivity contribution in [3.8, 4) is 0 Å². The third-order valence-corrected chi connectivity index (χ3v) is 3.40. The molecule has 0 atom stereocenters. The fraction of sp³-hybridized carbons (Fsp3) is 0.923. The van der Waals surface area contributed by atoms with Gasteiger partial charge in [-0.1, -0.05) is 34.6 Å². The molecule has 0 bridgehead atoms. The van der Waals surface area contributed by atoms with E-state index in [1.807, 2.05) is 0 Å². The van der Waals surface area contributed by atoms with Crippen molar-refractivity contribution in [3.63, 3.8) is 0 Å². The Morgan fingerprint density at radius 1 is 1.20 bits per heavy atom. The van der Waals surface area contributed by atoms with Crippen LogP contribution in [0.5, 0.6) is 0 Å². The van der Waals surface area contributed by atoms with Crippen molar-refractivity contribution in [2.24, 2.45) is 21.6 Å². The molecule has 1 aliphatic rings. The first-order chi connectivity index (χ1) is 6.71. The zero-order valence-corrected chi connectivity index (χ0v) is 10.9. The van der Waals surface area contributed by atoms with Gasteiger partial charge in [0.05, 0.1) is 11.9 Å². The fourth-order valence-corrected chi connectivity index (χ4v) is 1.90. The van der Waals surface area contributed by atoms with Crippen molar-refractivity contribution in [1.29, 1.82) is 0 Å². The summed E-state index contributed by atoms with van der Waals surface area (Å²) in [4.78, 5) is 4.67. The lowest BCUT2D eigenvalue weighted by Gasteiger charge is -2.33. The van der Waals surface area contributed by atoms with Crippen LogP contribution >= 0.6 is 0 Å². The minimum atomic E-state index is 0.0208. The van der Waals surface area contributed by atoms with Crippen LogP contribution in [-0.4, -0.2) is 11.9 Å². The van der Waals surface area contributed by atoms with Crippen LogP contribution < -0.4 is 5.73 Å². The van der Waals surface area contributed by atoms with Crippen molar-refractivity contribution in [2.45, 2.75) is 66.3 Å². The van der Waals surface area contributed by atoms with Gasteiger partial charge in [0.1, 0.15) is 0 Å². The summed E-state index contributed by atoms with van der Waals surface area (Å²) >= 11 is 0. The van der Waals surface area contributed by atoms with Crippen molar-refractivity contribution >= 4 is 5.84 Å². The molecule has 0 aromatic carbocycles.